The molecular formula is C20H23N5O4S2. The number of nitrogens with zero attached hydrogens (tertiary/aromatic N) is 5. The average Bonchev–Trinajstić information content (AvgIpc) is 2.71. The fourth-order valence-electron chi connectivity index (χ4n) is 4.12. The molecule has 3 unspecified atom stereocenters. The number of likely N-dealkylation sites (N-methyl/N-ethyl adjacent to an activating group) is 1. The van der Waals surface area contributed by atoms with E-state index in [1.807, 2.05) is 0 Å². The van der Waals surface area contributed by atoms with Gasteiger partial charge in [0.1, 0.15) is 6.33 Å². The second-order valence-corrected chi connectivity index (χ2v) is 10.8. The van der Waals surface area contributed by atoms with Crippen molar-refractivity contribution < 1.29 is 19.5 Å². The number of nitriles is 1. The summed E-state index contributed by atoms with van der Waals surface area (Å²) in [5.41, 5.74) is 0.523. The van der Waals surface area contributed by atoms with Gasteiger partial charge in [0, 0.05) is 43.9 Å². The molecule has 3 heterocycles. The summed E-state index contributed by atoms with van der Waals surface area (Å²) in [6.07, 6.45) is 4.31. The van der Waals surface area contributed by atoms with Crippen molar-refractivity contribution >= 4 is 40.5 Å². The molecular weight excluding hydrogens is 438 g/mol. The normalized spacial score (nSPS) is 29.5. The minimum atomic E-state index is -1.62. The summed E-state index contributed by atoms with van der Waals surface area (Å²) < 4.78 is 0. The van der Waals surface area contributed by atoms with Crippen molar-refractivity contribution in [1.82, 2.24) is 19.8 Å². The molecule has 9 nitrogen and oxygen atoms in total. The second-order valence-electron chi connectivity index (χ2n) is 7.64. The smallest absolute Gasteiger partial charge is 0.261 e. The first-order valence-electron chi connectivity index (χ1n) is 9.51. The van der Waals surface area contributed by atoms with Crippen LogP contribution >= 0.6 is 23.5 Å². The van der Waals surface area contributed by atoms with Gasteiger partial charge in [0.05, 0.1) is 17.5 Å². The number of aliphatic hydroxyl groups excluding tert-OH is 1. The number of amides is 2. The van der Waals surface area contributed by atoms with Gasteiger partial charge in [0.2, 0.25) is 0 Å². The van der Waals surface area contributed by atoms with Crippen molar-refractivity contribution in [1.29, 1.82) is 5.26 Å². The maximum Gasteiger partial charge on any atom is 0.261 e. The summed E-state index contributed by atoms with van der Waals surface area (Å²) in [6.45, 7) is 6.15. The van der Waals surface area contributed by atoms with Gasteiger partial charge in [0.15, 0.2) is 14.9 Å². The van der Waals surface area contributed by atoms with Crippen LogP contribution < -0.4 is 0 Å². The molecule has 0 bridgehead atoms. The Bertz CT molecular complexity index is 1010. The standard InChI is InChI=1S/C20H23N5O4S2/c1-11-14(7-21)6-20(31-13(3)27)18(29)24(5)19(4,30-12(2)26)17(28)25(20)16(11)15-8-22-10-23-9-15/h8-10,12,16,26H,6H2,1-5H3/t12?,16?,19-,20?/m0/s1. The van der Waals surface area contributed by atoms with Crippen molar-refractivity contribution in [3.63, 3.8) is 0 Å². The molecule has 1 aromatic rings. The third kappa shape index (κ3) is 3.62. The van der Waals surface area contributed by atoms with Crippen LogP contribution in [0.3, 0.4) is 0 Å². The van der Waals surface area contributed by atoms with Crippen LogP contribution in [0.25, 0.3) is 0 Å². The van der Waals surface area contributed by atoms with Crippen LogP contribution in [0, 0.1) is 11.3 Å². The highest BCUT2D eigenvalue weighted by Crippen LogP contribution is 2.55. The molecule has 3 rings (SSSR count). The second kappa shape index (κ2) is 8.26. The first-order chi connectivity index (χ1) is 14.5. The predicted octanol–water partition coefficient (Wildman–Crippen LogP) is 1.83. The minimum Gasteiger partial charge on any atom is -0.383 e. The zero-order chi connectivity index (χ0) is 23.1. The van der Waals surface area contributed by atoms with E-state index in [-0.39, 0.29) is 11.5 Å². The molecule has 0 saturated carbocycles. The Hall–Kier alpha value is -2.42. The molecule has 0 spiro atoms. The highest BCUT2D eigenvalue weighted by Gasteiger charge is 2.65. The fraction of sp³-hybridized carbons (Fsp3) is 0.500. The van der Waals surface area contributed by atoms with E-state index in [4.69, 9.17) is 0 Å². The molecule has 0 aromatic carbocycles. The summed E-state index contributed by atoms with van der Waals surface area (Å²) in [4.78, 5) is 47.8. The monoisotopic (exact) mass is 461 g/mol. The summed E-state index contributed by atoms with van der Waals surface area (Å²) >= 11 is 1.68. The Morgan fingerprint density at radius 1 is 1.35 bits per heavy atom. The van der Waals surface area contributed by atoms with Crippen molar-refractivity contribution in [3.05, 3.63) is 35.4 Å². The van der Waals surface area contributed by atoms with Gasteiger partial charge in [-0.15, -0.1) is 0 Å². The molecule has 1 N–H and O–H groups in total. The Kier molecular flexibility index (Phi) is 6.19. The molecule has 4 atom stereocenters. The molecule has 2 aliphatic heterocycles. The van der Waals surface area contributed by atoms with E-state index in [9.17, 15) is 24.8 Å². The fourth-order valence-corrected chi connectivity index (χ4v) is 6.43. The number of rotatable bonds is 4. The predicted molar refractivity (Wildman–Crippen MR) is 116 cm³/mol. The molecule has 0 radical (unpaired) electrons. The number of aliphatic hydroxyl groups is 1. The van der Waals surface area contributed by atoms with Crippen molar-refractivity contribution in [2.24, 2.45) is 0 Å². The first kappa shape index (κ1) is 23.2. The zero-order valence-corrected chi connectivity index (χ0v) is 19.5. The van der Waals surface area contributed by atoms with Crippen LogP contribution in [-0.2, 0) is 14.4 Å². The SMILES string of the molecule is CC(=O)SC12CC(C#N)=C(C)C(c3cncnc3)N1C(=O)[C@](C)(SC(C)O)N(C)C2=O. The van der Waals surface area contributed by atoms with E-state index in [1.54, 1.807) is 13.8 Å². The first-order valence-corrected chi connectivity index (χ1v) is 11.2. The molecule has 1 fully saturated rings. The quantitative estimate of drug-likeness (QED) is 0.668. The van der Waals surface area contributed by atoms with Gasteiger partial charge in [-0.05, 0) is 38.1 Å². The molecule has 1 saturated heterocycles. The number of thioether (sulfide) groups is 2. The third-order valence-electron chi connectivity index (χ3n) is 5.59. The van der Waals surface area contributed by atoms with Gasteiger partial charge in [-0.1, -0.05) is 11.8 Å². The Morgan fingerprint density at radius 3 is 2.48 bits per heavy atom. The largest absolute Gasteiger partial charge is 0.383 e. The van der Waals surface area contributed by atoms with E-state index in [2.05, 4.69) is 16.0 Å². The lowest BCUT2D eigenvalue weighted by Gasteiger charge is -2.58. The number of hydrogen-bond donors (Lipinski definition) is 1. The molecule has 0 aliphatic carbocycles. The number of carbonyl (C=O) groups is 3. The van der Waals surface area contributed by atoms with Crippen LogP contribution in [0.4, 0.5) is 0 Å². The van der Waals surface area contributed by atoms with Crippen LogP contribution in [0.1, 0.15) is 45.7 Å². The summed E-state index contributed by atoms with van der Waals surface area (Å²) in [6, 6.07) is 1.34. The molecule has 2 aliphatic rings. The third-order valence-corrected chi connectivity index (χ3v) is 7.98. The molecule has 2 amide bonds. The number of hydrogen-bond acceptors (Lipinski definition) is 9. The number of aromatic nitrogens is 2. The highest BCUT2D eigenvalue weighted by molar-refractivity contribution is 8.15. The zero-order valence-electron chi connectivity index (χ0n) is 17.8. The van der Waals surface area contributed by atoms with Crippen molar-refractivity contribution in [3.8, 4) is 6.07 Å². The lowest BCUT2D eigenvalue weighted by atomic mass is 9.83. The van der Waals surface area contributed by atoms with E-state index in [0.717, 1.165) is 23.5 Å². The lowest BCUT2D eigenvalue weighted by Crippen LogP contribution is -2.74. The maximum atomic E-state index is 14.0. The molecule has 164 valence electrons. The summed E-state index contributed by atoms with van der Waals surface area (Å²) in [5, 5.41) is 19.5. The van der Waals surface area contributed by atoms with Crippen LogP contribution in [0.2, 0.25) is 0 Å². The van der Waals surface area contributed by atoms with Gasteiger partial charge in [-0.25, -0.2) is 9.97 Å². The molecule has 11 heteroatoms. The van der Waals surface area contributed by atoms with E-state index in [0.29, 0.717) is 16.7 Å². The van der Waals surface area contributed by atoms with Gasteiger partial charge in [-0.3, -0.25) is 14.4 Å². The molecule has 31 heavy (non-hydrogen) atoms. The van der Waals surface area contributed by atoms with Crippen molar-refractivity contribution in [2.45, 2.75) is 55.3 Å². The lowest BCUT2D eigenvalue weighted by molar-refractivity contribution is -0.167. The highest BCUT2D eigenvalue weighted by atomic mass is 32.2. The topological polar surface area (TPSA) is 127 Å². The van der Waals surface area contributed by atoms with Crippen molar-refractivity contribution in [2.75, 3.05) is 7.05 Å². The van der Waals surface area contributed by atoms with Gasteiger partial charge >= 0.3 is 0 Å². The number of carbonyl (C=O) groups excluding carboxylic acids is 3. The maximum absolute atomic E-state index is 14.0. The Morgan fingerprint density at radius 2 is 1.97 bits per heavy atom. The van der Waals surface area contributed by atoms with Gasteiger partial charge < -0.3 is 14.9 Å². The molecule has 1 aromatic heterocycles. The average molecular weight is 462 g/mol. The number of fused-ring (bicyclic) bond motifs is 1. The van der Waals surface area contributed by atoms with Crippen LogP contribution in [0.5, 0.6) is 0 Å². The summed E-state index contributed by atoms with van der Waals surface area (Å²) in [7, 11) is 1.48. The minimum absolute atomic E-state index is 0.0892. The van der Waals surface area contributed by atoms with Crippen LogP contribution in [0.15, 0.2) is 29.9 Å². The number of piperazine rings is 1. The summed E-state index contributed by atoms with van der Waals surface area (Å²) in [5.74, 6) is -0.926. The van der Waals surface area contributed by atoms with E-state index in [1.165, 1.54) is 49.4 Å². The van der Waals surface area contributed by atoms with Crippen LogP contribution in [-0.4, -0.2) is 64.0 Å². The van der Waals surface area contributed by atoms with Gasteiger partial charge in [0.25, 0.3) is 11.8 Å². The van der Waals surface area contributed by atoms with E-state index >= 15 is 0 Å². The van der Waals surface area contributed by atoms with Gasteiger partial charge in [-0.2, -0.15) is 5.26 Å². The van der Waals surface area contributed by atoms with E-state index < -0.39 is 33.0 Å². The Labute approximate surface area is 188 Å². The Balaban J connectivity index is 2.34.